The summed E-state index contributed by atoms with van der Waals surface area (Å²) in [4.78, 5) is 0. The van der Waals surface area contributed by atoms with Crippen LogP contribution >= 0.6 is 0 Å². The van der Waals surface area contributed by atoms with Gasteiger partial charge in [-0.3, -0.25) is 0 Å². The first-order valence-electron chi connectivity index (χ1n) is 9.15. The van der Waals surface area contributed by atoms with Gasteiger partial charge in [-0.1, -0.05) is 50.3 Å². The van der Waals surface area contributed by atoms with Crippen LogP contribution in [0.3, 0.4) is 0 Å². The molecule has 0 aromatic heterocycles. The van der Waals surface area contributed by atoms with Gasteiger partial charge >= 0.3 is 0 Å². The molecule has 2 rings (SSSR count). The molecular formula is C21H32O. The van der Waals surface area contributed by atoms with Gasteiger partial charge in [0.25, 0.3) is 0 Å². The minimum absolute atomic E-state index is 0.755. The zero-order chi connectivity index (χ0) is 15.6. The summed E-state index contributed by atoms with van der Waals surface area (Å²) >= 11 is 0. The molecule has 1 aliphatic rings. The Morgan fingerprint density at radius 1 is 1.00 bits per heavy atom. The normalized spacial score (nSPS) is 22.3. The van der Waals surface area contributed by atoms with E-state index in [-0.39, 0.29) is 0 Å². The van der Waals surface area contributed by atoms with Crippen molar-refractivity contribution in [2.24, 2.45) is 5.92 Å². The van der Waals surface area contributed by atoms with Gasteiger partial charge in [0, 0.05) is 6.61 Å². The Bertz CT molecular complexity index is 424. The zero-order valence-corrected chi connectivity index (χ0v) is 14.4. The van der Waals surface area contributed by atoms with Crippen LogP contribution in [0.4, 0.5) is 0 Å². The van der Waals surface area contributed by atoms with Crippen LogP contribution in [0.2, 0.25) is 0 Å². The van der Waals surface area contributed by atoms with Gasteiger partial charge in [-0.25, -0.2) is 0 Å². The predicted octanol–water partition coefficient (Wildman–Crippen LogP) is 6.24. The summed E-state index contributed by atoms with van der Waals surface area (Å²) in [7, 11) is 0. The van der Waals surface area contributed by atoms with Crippen LogP contribution in [0, 0.1) is 5.92 Å². The average molecular weight is 300 g/mol. The van der Waals surface area contributed by atoms with Crippen molar-refractivity contribution in [3.8, 4) is 0 Å². The molecule has 1 aliphatic carbocycles. The monoisotopic (exact) mass is 300 g/mol. The van der Waals surface area contributed by atoms with Crippen molar-refractivity contribution >= 4 is 0 Å². The Hall–Kier alpha value is -1.08. The number of allylic oxidation sites excluding steroid dienone is 2. The summed E-state index contributed by atoms with van der Waals surface area (Å²) in [5.41, 5.74) is 2.83. The van der Waals surface area contributed by atoms with Crippen molar-refractivity contribution < 1.29 is 4.74 Å². The van der Waals surface area contributed by atoms with Crippen LogP contribution in [0.15, 0.2) is 36.4 Å². The Morgan fingerprint density at radius 2 is 1.73 bits per heavy atom. The molecule has 1 fully saturated rings. The van der Waals surface area contributed by atoms with E-state index in [4.69, 9.17) is 4.74 Å². The third-order valence-corrected chi connectivity index (χ3v) is 4.79. The van der Waals surface area contributed by atoms with Gasteiger partial charge in [0.2, 0.25) is 0 Å². The van der Waals surface area contributed by atoms with Gasteiger partial charge in [0.1, 0.15) is 0 Å². The lowest BCUT2D eigenvalue weighted by Crippen LogP contribution is -2.12. The summed E-state index contributed by atoms with van der Waals surface area (Å²) in [6, 6.07) is 9.15. The summed E-state index contributed by atoms with van der Waals surface area (Å²) in [6.45, 7) is 5.98. The molecule has 0 unspecified atom stereocenters. The maximum Gasteiger partial charge on any atom is 0.0716 e. The molecule has 0 amide bonds. The maximum absolute atomic E-state index is 5.61. The molecule has 1 nitrogen and oxygen atoms in total. The van der Waals surface area contributed by atoms with Crippen LogP contribution < -0.4 is 0 Å². The van der Waals surface area contributed by atoms with Gasteiger partial charge in [-0.05, 0) is 67.9 Å². The number of rotatable bonds is 8. The van der Waals surface area contributed by atoms with E-state index in [1.807, 2.05) is 0 Å². The molecule has 22 heavy (non-hydrogen) atoms. The molecule has 0 saturated heterocycles. The molecule has 1 heteroatoms. The summed E-state index contributed by atoms with van der Waals surface area (Å²) < 4.78 is 5.61. The van der Waals surface area contributed by atoms with Crippen molar-refractivity contribution in [3.63, 3.8) is 0 Å². The quantitative estimate of drug-likeness (QED) is 0.407. The van der Waals surface area contributed by atoms with Crippen LogP contribution in [0.25, 0.3) is 0 Å². The van der Waals surface area contributed by atoms with Gasteiger partial charge < -0.3 is 4.74 Å². The smallest absolute Gasteiger partial charge is 0.0716 e. The zero-order valence-electron chi connectivity index (χ0n) is 14.4. The third-order valence-electron chi connectivity index (χ3n) is 4.79. The van der Waals surface area contributed by atoms with Crippen LogP contribution in [-0.2, 0) is 11.3 Å². The molecule has 122 valence electrons. The van der Waals surface area contributed by atoms with Gasteiger partial charge in [-0.2, -0.15) is 0 Å². The Labute approximate surface area is 136 Å². The summed E-state index contributed by atoms with van der Waals surface area (Å²) in [6.07, 6.45) is 13.7. The lowest BCUT2D eigenvalue weighted by atomic mass is 9.77. The first-order valence-corrected chi connectivity index (χ1v) is 9.15. The topological polar surface area (TPSA) is 9.23 Å². The van der Waals surface area contributed by atoms with E-state index in [9.17, 15) is 0 Å². The molecule has 0 spiro atoms. The molecule has 1 saturated carbocycles. The van der Waals surface area contributed by atoms with Crippen molar-refractivity contribution in [3.05, 3.63) is 47.5 Å². The standard InChI is InChI=1S/C21H32O/c1-3-5-6-7-18-8-12-20(13-9-18)21-14-10-19(11-15-21)17-22-16-4-2/h5-6,10-11,14-15,18,20H,3-4,7-9,12-13,16-17H2,1-2H3/b6-5+. The van der Waals surface area contributed by atoms with Gasteiger partial charge in [0.15, 0.2) is 0 Å². The number of hydrogen-bond donors (Lipinski definition) is 0. The first kappa shape index (κ1) is 17.3. The highest BCUT2D eigenvalue weighted by Gasteiger charge is 2.21. The SMILES string of the molecule is CC/C=C/CC1CCC(c2ccc(COCCC)cc2)CC1. The van der Waals surface area contributed by atoms with Crippen molar-refractivity contribution in [2.45, 2.75) is 71.3 Å². The van der Waals surface area contributed by atoms with E-state index in [0.717, 1.165) is 31.5 Å². The average Bonchev–Trinajstić information content (AvgIpc) is 2.57. The van der Waals surface area contributed by atoms with E-state index in [2.05, 4.69) is 50.3 Å². The Morgan fingerprint density at radius 3 is 2.36 bits per heavy atom. The molecule has 0 heterocycles. The fourth-order valence-electron chi connectivity index (χ4n) is 3.41. The van der Waals surface area contributed by atoms with E-state index in [1.54, 1.807) is 0 Å². The number of ether oxygens (including phenoxy) is 1. The summed E-state index contributed by atoms with van der Waals surface area (Å²) in [5.74, 6) is 1.69. The third kappa shape index (κ3) is 5.61. The second-order valence-corrected chi connectivity index (χ2v) is 6.63. The molecule has 0 atom stereocenters. The lowest BCUT2D eigenvalue weighted by molar-refractivity contribution is 0.121. The predicted molar refractivity (Wildman–Crippen MR) is 95.1 cm³/mol. The fourth-order valence-corrected chi connectivity index (χ4v) is 3.41. The second-order valence-electron chi connectivity index (χ2n) is 6.63. The Balaban J connectivity index is 1.77. The molecule has 0 aliphatic heterocycles. The van der Waals surface area contributed by atoms with E-state index in [0.29, 0.717) is 0 Å². The Kier molecular flexibility index (Phi) is 7.73. The number of benzene rings is 1. The highest BCUT2D eigenvalue weighted by Crippen LogP contribution is 2.37. The van der Waals surface area contributed by atoms with Crippen LogP contribution in [-0.4, -0.2) is 6.61 Å². The lowest BCUT2D eigenvalue weighted by Gasteiger charge is -2.28. The second kappa shape index (κ2) is 9.84. The summed E-state index contributed by atoms with van der Waals surface area (Å²) in [5, 5.41) is 0. The molecule has 0 bridgehead atoms. The van der Waals surface area contributed by atoms with Gasteiger partial charge in [-0.15, -0.1) is 0 Å². The van der Waals surface area contributed by atoms with E-state index < -0.39 is 0 Å². The van der Waals surface area contributed by atoms with Crippen molar-refractivity contribution in [2.75, 3.05) is 6.61 Å². The number of hydrogen-bond acceptors (Lipinski definition) is 1. The minimum atomic E-state index is 0.755. The minimum Gasteiger partial charge on any atom is -0.377 e. The van der Waals surface area contributed by atoms with Crippen LogP contribution in [0.1, 0.15) is 75.8 Å². The molecule has 1 aromatic rings. The van der Waals surface area contributed by atoms with E-state index >= 15 is 0 Å². The highest BCUT2D eigenvalue weighted by molar-refractivity contribution is 5.25. The largest absolute Gasteiger partial charge is 0.377 e. The molecular weight excluding hydrogens is 268 g/mol. The van der Waals surface area contributed by atoms with Crippen molar-refractivity contribution in [1.29, 1.82) is 0 Å². The van der Waals surface area contributed by atoms with E-state index in [1.165, 1.54) is 49.7 Å². The van der Waals surface area contributed by atoms with Crippen molar-refractivity contribution in [1.82, 2.24) is 0 Å². The molecule has 0 N–H and O–H groups in total. The highest BCUT2D eigenvalue weighted by atomic mass is 16.5. The first-order chi connectivity index (χ1) is 10.8. The fraction of sp³-hybridized carbons (Fsp3) is 0.619. The van der Waals surface area contributed by atoms with Gasteiger partial charge in [0.05, 0.1) is 6.61 Å². The van der Waals surface area contributed by atoms with Crippen LogP contribution in [0.5, 0.6) is 0 Å². The molecule has 0 radical (unpaired) electrons. The molecule has 1 aromatic carbocycles. The maximum atomic E-state index is 5.61.